The van der Waals surface area contributed by atoms with E-state index in [2.05, 4.69) is 16.4 Å². The number of aryl methyl sites for hydroxylation is 2. The van der Waals surface area contributed by atoms with Crippen molar-refractivity contribution in [1.29, 1.82) is 0 Å². The van der Waals surface area contributed by atoms with Gasteiger partial charge in [0.2, 0.25) is 5.91 Å². The highest BCUT2D eigenvalue weighted by Gasteiger charge is 2.34. The summed E-state index contributed by atoms with van der Waals surface area (Å²) in [5.41, 5.74) is 4.49. The molecule has 0 bridgehead atoms. The normalized spacial score (nSPS) is 11.7. The van der Waals surface area contributed by atoms with Gasteiger partial charge in [0.25, 0.3) is 0 Å². The molecule has 0 saturated heterocycles. The number of rotatable bonds is 3. The van der Waals surface area contributed by atoms with E-state index in [4.69, 9.17) is 0 Å². The third-order valence-corrected chi connectivity index (χ3v) is 4.36. The van der Waals surface area contributed by atoms with Gasteiger partial charge in [-0.3, -0.25) is 4.79 Å². The summed E-state index contributed by atoms with van der Waals surface area (Å²) in [6.07, 6.45) is 0. The van der Waals surface area contributed by atoms with Crippen LogP contribution in [0.5, 0.6) is 0 Å². The topological polar surface area (TPSA) is 44.9 Å². The zero-order valence-electron chi connectivity index (χ0n) is 14.0. The number of aromatic nitrogens is 1. The van der Waals surface area contributed by atoms with Crippen LogP contribution in [0, 0.1) is 13.8 Å². The Kier molecular flexibility index (Phi) is 3.72. The van der Waals surface area contributed by atoms with Gasteiger partial charge in [-0.15, -0.1) is 0 Å². The quantitative estimate of drug-likeness (QED) is 0.723. The third kappa shape index (κ3) is 2.74. The van der Waals surface area contributed by atoms with E-state index in [0.717, 1.165) is 33.4 Å². The number of anilines is 1. The summed E-state index contributed by atoms with van der Waals surface area (Å²) >= 11 is 0. The molecule has 0 saturated carbocycles. The average Bonchev–Trinajstić information content (AvgIpc) is 2.83. The molecule has 3 heteroatoms. The van der Waals surface area contributed by atoms with Crippen molar-refractivity contribution in [2.24, 2.45) is 0 Å². The van der Waals surface area contributed by atoms with E-state index >= 15 is 0 Å². The Morgan fingerprint density at radius 2 is 1.78 bits per heavy atom. The molecule has 0 aliphatic carbocycles. The number of para-hydroxylation sites is 1. The number of amides is 1. The zero-order valence-corrected chi connectivity index (χ0v) is 14.0. The van der Waals surface area contributed by atoms with E-state index < -0.39 is 5.41 Å². The van der Waals surface area contributed by atoms with Crippen molar-refractivity contribution in [2.75, 3.05) is 5.32 Å². The number of carbonyl (C=O) groups excluding carboxylic acids is 1. The molecule has 0 unspecified atom stereocenters. The Labute approximate surface area is 136 Å². The average molecular weight is 306 g/mol. The van der Waals surface area contributed by atoms with E-state index in [1.165, 1.54) is 0 Å². The summed E-state index contributed by atoms with van der Waals surface area (Å²) in [5, 5.41) is 4.16. The number of aromatic amines is 1. The molecule has 2 N–H and O–H groups in total. The lowest BCUT2D eigenvalue weighted by Crippen LogP contribution is -2.35. The van der Waals surface area contributed by atoms with Crippen molar-refractivity contribution >= 4 is 22.5 Å². The van der Waals surface area contributed by atoms with E-state index in [0.29, 0.717) is 0 Å². The van der Waals surface area contributed by atoms with Crippen LogP contribution in [0.3, 0.4) is 0 Å². The molecule has 0 fully saturated rings. The largest absolute Gasteiger partial charge is 0.358 e. The third-order valence-electron chi connectivity index (χ3n) is 4.36. The van der Waals surface area contributed by atoms with Crippen LogP contribution < -0.4 is 5.32 Å². The molecule has 1 amide bonds. The molecule has 0 aliphatic heterocycles. The van der Waals surface area contributed by atoms with Crippen molar-refractivity contribution in [3.8, 4) is 0 Å². The lowest BCUT2D eigenvalue weighted by molar-refractivity contribution is -0.120. The molecular weight excluding hydrogens is 284 g/mol. The number of hydrogen-bond acceptors (Lipinski definition) is 1. The van der Waals surface area contributed by atoms with E-state index in [1.54, 1.807) is 0 Å². The van der Waals surface area contributed by atoms with Gasteiger partial charge in [-0.1, -0.05) is 30.3 Å². The maximum absolute atomic E-state index is 12.9. The highest BCUT2D eigenvalue weighted by Crippen LogP contribution is 2.34. The minimum Gasteiger partial charge on any atom is -0.358 e. The van der Waals surface area contributed by atoms with Crippen LogP contribution in [0.2, 0.25) is 0 Å². The first-order chi connectivity index (χ1) is 10.9. The maximum Gasteiger partial charge on any atom is 0.234 e. The smallest absolute Gasteiger partial charge is 0.234 e. The summed E-state index contributed by atoms with van der Waals surface area (Å²) in [7, 11) is 0. The summed E-state index contributed by atoms with van der Waals surface area (Å²) in [4.78, 5) is 16.3. The van der Waals surface area contributed by atoms with Crippen LogP contribution in [0.15, 0.2) is 48.5 Å². The van der Waals surface area contributed by atoms with Crippen LogP contribution in [0.1, 0.15) is 30.7 Å². The molecule has 3 nitrogen and oxygen atoms in total. The molecule has 0 aliphatic rings. The molecule has 0 spiro atoms. The lowest BCUT2D eigenvalue weighted by Gasteiger charge is -2.25. The predicted molar refractivity (Wildman–Crippen MR) is 95.9 cm³/mol. The first-order valence-corrected chi connectivity index (χ1v) is 7.85. The van der Waals surface area contributed by atoms with Crippen LogP contribution in [0.25, 0.3) is 10.9 Å². The highest BCUT2D eigenvalue weighted by atomic mass is 16.2. The van der Waals surface area contributed by atoms with Crippen LogP contribution in [0.4, 0.5) is 5.69 Å². The van der Waals surface area contributed by atoms with Gasteiger partial charge in [0.15, 0.2) is 0 Å². The van der Waals surface area contributed by atoms with Crippen molar-refractivity contribution in [3.63, 3.8) is 0 Å². The van der Waals surface area contributed by atoms with Crippen molar-refractivity contribution in [2.45, 2.75) is 33.1 Å². The Balaban J connectivity index is 1.99. The maximum atomic E-state index is 12.9. The predicted octanol–water partition coefficient (Wildman–Crippen LogP) is 4.70. The van der Waals surface area contributed by atoms with E-state index in [1.807, 2.05) is 70.2 Å². The lowest BCUT2D eigenvalue weighted by atomic mass is 9.81. The standard InChI is InChI=1S/C20H22N2O/c1-13-8-7-9-15(12-13)22-19(23)20(3,4)18-14(2)21-17-11-6-5-10-16(17)18/h5-12,21H,1-4H3,(H,22,23). The van der Waals surface area contributed by atoms with Gasteiger partial charge in [0.1, 0.15) is 0 Å². The number of benzene rings is 2. The molecule has 0 atom stereocenters. The fraction of sp³-hybridized carbons (Fsp3) is 0.250. The Hall–Kier alpha value is -2.55. The molecule has 23 heavy (non-hydrogen) atoms. The summed E-state index contributed by atoms with van der Waals surface area (Å²) in [6, 6.07) is 16.0. The number of hydrogen-bond donors (Lipinski definition) is 2. The van der Waals surface area contributed by atoms with Crippen molar-refractivity contribution in [1.82, 2.24) is 4.98 Å². The molecule has 118 valence electrons. The fourth-order valence-electron chi connectivity index (χ4n) is 3.21. The fourth-order valence-corrected chi connectivity index (χ4v) is 3.21. The van der Waals surface area contributed by atoms with Gasteiger partial charge in [0, 0.05) is 22.3 Å². The summed E-state index contributed by atoms with van der Waals surface area (Å²) in [5.74, 6) is -0.00375. The summed E-state index contributed by atoms with van der Waals surface area (Å²) < 4.78 is 0. The van der Waals surface area contributed by atoms with Crippen LogP contribution in [-0.4, -0.2) is 10.9 Å². The van der Waals surface area contributed by atoms with Crippen molar-refractivity contribution < 1.29 is 4.79 Å². The molecule has 3 aromatic rings. The molecule has 1 heterocycles. The van der Waals surface area contributed by atoms with Gasteiger partial charge in [-0.05, 0) is 57.0 Å². The zero-order chi connectivity index (χ0) is 16.6. The van der Waals surface area contributed by atoms with Crippen LogP contribution >= 0.6 is 0 Å². The second-order valence-electron chi connectivity index (χ2n) is 6.62. The SMILES string of the molecule is Cc1cccc(NC(=O)C(C)(C)c2c(C)[nH]c3ccccc23)c1. The van der Waals surface area contributed by atoms with Crippen LogP contribution in [-0.2, 0) is 10.2 Å². The number of carbonyl (C=O) groups is 1. The van der Waals surface area contributed by atoms with E-state index in [9.17, 15) is 4.79 Å². The summed E-state index contributed by atoms with van der Waals surface area (Å²) in [6.45, 7) is 7.99. The van der Waals surface area contributed by atoms with Crippen molar-refractivity contribution in [3.05, 3.63) is 65.4 Å². The van der Waals surface area contributed by atoms with Gasteiger partial charge in [-0.2, -0.15) is 0 Å². The molecule has 2 aromatic carbocycles. The number of H-pyrrole nitrogens is 1. The minimum absolute atomic E-state index is 0.00375. The Morgan fingerprint density at radius 1 is 1.04 bits per heavy atom. The number of fused-ring (bicyclic) bond motifs is 1. The van der Waals surface area contributed by atoms with E-state index in [-0.39, 0.29) is 5.91 Å². The molecule has 1 aromatic heterocycles. The minimum atomic E-state index is -0.632. The Bertz CT molecular complexity index is 874. The first-order valence-electron chi connectivity index (χ1n) is 7.85. The second kappa shape index (κ2) is 5.58. The first kappa shape index (κ1) is 15.3. The Morgan fingerprint density at radius 3 is 2.52 bits per heavy atom. The molecule has 3 rings (SSSR count). The van der Waals surface area contributed by atoms with Gasteiger partial charge < -0.3 is 10.3 Å². The molecular formula is C20H22N2O. The second-order valence-corrected chi connectivity index (χ2v) is 6.62. The van der Waals surface area contributed by atoms with Gasteiger partial charge in [-0.25, -0.2) is 0 Å². The van der Waals surface area contributed by atoms with Gasteiger partial charge in [0.05, 0.1) is 5.41 Å². The number of nitrogens with one attached hydrogen (secondary N) is 2. The molecule has 0 radical (unpaired) electrons. The van der Waals surface area contributed by atoms with Gasteiger partial charge >= 0.3 is 0 Å². The highest BCUT2D eigenvalue weighted by molar-refractivity contribution is 6.02. The monoisotopic (exact) mass is 306 g/mol.